The number of rotatable bonds is 12. The van der Waals surface area contributed by atoms with Crippen LogP contribution in [-0.2, 0) is 5.41 Å². The summed E-state index contributed by atoms with van der Waals surface area (Å²) in [6.07, 6.45) is 20.4. The number of hydrogen-bond acceptors (Lipinski definition) is 4. The minimum Gasteiger partial charge on any atom is -0.334 e. The number of hydrogen-bond donors (Lipinski definition) is 0. The first kappa shape index (κ1) is 46.2. The molecule has 0 amide bonds. The maximum Gasteiger partial charge on any atom is 0.0654 e. The highest BCUT2D eigenvalue weighted by Crippen LogP contribution is 2.66. The van der Waals surface area contributed by atoms with Gasteiger partial charge in [0.2, 0.25) is 0 Å². The quantitative estimate of drug-likeness (QED) is 0.121. The van der Waals surface area contributed by atoms with E-state index in [1.54, 1.807) is 0 Å². The van der Waals surface area contributed by atoms with E-state index < -0.39 is 5.41 Å². The molecule has 0 bridgehead atoms. The molecule has 5 aliphatic carbocycles. The first-order valence-corrected chi connectivity index (χ1v) is 27.3. The smallest absolute Gasteiger partial charge is 0.0654 e. The van der Waals surface area contributed by atoms with E-state index in [1.165, 1.54) is 78.7 Å². The third-order valence-corrected chi connectivity index (χ3v) is 16.4. The van der Waals surface area contributed by atoms with E-state index in [4.69, 9.17) is 0 Å². The Morgan fingerprint density at radius 3 is 1.06 bits per heavy atom. The molecule has 4 heteroatoms. The van der Waals surface area contributed by atoms with Gasteiger partial charge >= 0.3 is 0 Å². The Hall–Kier alpha value is -9.38. The Morgan fingerprint density at radius 2 is 0.701 bits per heavy atom. The van der Waals surface area contributed by atoms with Gasteiger partial charge in [-0.3, -0.25) is 0 Å². The normalized spacial score (nSPS) is 18.6. The van der Waals surface area contributed by atoms with Crippen LogP contribution in [0.1, 0.15) is 47.9 Å². The molecule has 14 rings (SSSR count). The van der Waals surface area contributed by atoms with Crippen LogP contribution < -0.4 is 19.6 Å². The largest absolute Gasteiger partial charge is 0.334 e. The van der Waals surface area contributed by atoms with Crippen LogP contribution in [0.4, 0.5) is 51.2 Å². The fourth-order valence-corrected chi connectivity index (χ4v) is 13.2. The Morgan fingerprint density at radius 1 is 0.351 bits per heavy atom. The van der Waals surface area contributed by atoms with Gasteiger partial charge in [0, 0.05) is 56.9 Å². The van der Waals surface area contributed by atoms with E-state index in [0.29, 0.717) is 0 Å². The Balaban J connectivity index is 1.04. The van der Waals surface area contributed by atoms with Crippen LogP contribution in [0, 0.1) is 0 Å². The summed E-state index contributed by atoms with van der Waals surface area (Å²) in [6.45, 7) is 0. The second-order valence-electron chi connectivity index (χ2n) is 20.6. The minimum atomic E-state index is -0.645. The number of fused-ring (bicyclic) bond motifs is 8. The summed E-state index contributed by atoms with van der Waals surface area (Å²) in [6, 6.07) is 91.6. The van der Waals surface area contributed by atoms with Gasteiger partial charge < -0.3 is 19.6 Å². The van der Waals surface area contributed by atoms with Gasteiger partial charge in [0.1, 0.15) is 0 Å². The Bertz CT molecular complexity index is 3600. The molecule has 3 unspecified atom stereocenters. The standard InChI is InChI=1S/C73H58N4/c1-9-25-53(26-10-1)74(54-27-11-2-12-28-54)61-41-45-65-66-46-42-62(75(55-29-13-3-14-30-55)56-31-15-4-16-32-56)50-70(66)73(69(65)49-61)71-51-63(76(57-33-17-5-18-34-57)58-35-19-6-20-36-58)43-47-67(71)68-48-44-64(52-72(68)73)77(59-37-21-7-22-38-59)60-39-23-8-24-40-60/h1-23,25-39,41-49,52,62-63H,24,40,50-51H2. The van der Waals surface area contributed by atoms with Gasteiger partial charge in [-0.05, 0) is 186 Å². The summed E-state index contributed by atoms with van der Waals surface area (Å²) >= 11 is 0. The lowest BCUT2D eigenvalue weighted by Gasteiger charge is -2.42. The average Bonchev–Trinajstić information content (AvgIpc) is 4.12. The van der Waals surface area contributed by atoms with Gasteiger partial charge in [-0.25, -0.2) is 0 Å². The van der Waals surface area contributed by atoms with Crippen LogP contribution >= 0.6 is 0 Å². The zero-order chi connectivity index (χ0) is 51.1. The molecule has 4 nitrogen and oxygen atoms in total. The van der Waals surface area contributed by atoms with E-state index >= 15 is 0 Å². The molecule has 9 aromatic rings. The van der Waals surface area contributed by atoms with Crippen molar-refractivity contribution in [2.24, 2.45) is 0 Å². The highest BCUT2D eigenvalue weighted by Gasteiger charge is 2.56. The molecule has 5 aliphatic rings. The van der Waals surface area contributed by atoms with E-state index in [0.717, 1.165) is 48.4 Å². The second kappa shape index (κ2) is 19.7. The third kappa shape index (κ3) is 7.99. The van der Waals surface area contributed by atoms with Crippen molar-refractivity contribution in [3.63, 3.8) is 0 Å². The summed E-state index contributed by atoms with van der Waals surface area (Å²) in [5.74, 6) is 0. The molecule has 0 N–H and O–H groups in total. The van der Waals surface area contributed by atoms with Crippen molar-refractivity contribution >= 4 is 62.3 Å². The van der Waals surface area contributed by atoms with Crippen LogP contribution in [0.3, 0.4) is 0 Å². The SMILES string of the molecule is C1=CCCC(N(c2ccccc2)c2ccc3c(c2)C2(C4=C3C=CC(N(c3ccccc3)c3ccccc3)C4)C3=C(C=CC(N(c4ccccc4)c4ccccc4)C3)c3ccc(N(c4ccccc4)c4ccccc4)cc32)=C1. The molecule has 0 radical (unpaired) electrons. The zero-order valence-corrected chi connectivity index (χ0v) is 43.0. The Kier molecular flexibility index (Phi) is 11.8. The number of para-hydroxylation sites is 7. The first-order valence-electron chi connectivity index (χ1n) is 27.3. The highest BCUT2D eigenvalue weighted by atomic mass is 15.2. The van der Waals surface area contributed by atoms with E-state index in [9.17, 15) is 0 Å². The highest BCUT2D eigenvalue weighted by molar-refractivity contribution is 6.01. The molecule has 9 aromatic carbocycles. The molecule has 0 aliphatic heterocycles. The Labute approximate surface area is 453 Å². The van der Waals surface area contributed by atoms with Gasteiger partial charge in [-0.15, -0.1) is 0 Å². The maximum atomic E-state index is 2.59. The lowest BCUT2D eigenvalue weighted by Crippen LogP contribution is -2.39. The number of nitrogens with zero attached hydrogens (tertiary/aromatic N) is 4. The third-order valence-electron chi connectivity index (χ3n) is 16.4. The van der Waals surface area contributed by atoms with E-state index in [-0.39, 0.29) is 12.1 Å². The predicted molar refractivity (Wildman–Crippen MR) is 322 cm³/mol. The molecule has 1 spiro atoms. The van der Waals surface area contributed by atoms with Gasteiger partial charge in [-0.2, -0.15) is 0 Å². The van der Waals surface area contributed by atoms with E-state index in [2.05, 4.69) is 311 Å². The molecule has 0 heterocycles. The van der Waals surface area contributed by atoms with Crippen LogP contribution in [0.15, 0.2) is 308 Å². The maximum absolute atomic E-state index is 2.59. The molecule has 0 fully saturated rings. The van der Waals surface area contributed by atoms with Gasteiger partial charge in [0.05, 0.1) is 17.5 Å². The van der Waals surface area contributed by atoms with Crippen LogP contribution in [0.25, 0.3) is 11.1 Å². The molecule has 0 saturated heterocycles. The lowest BCUT2D eigenvalue weighted by atomic mass is 9.65. The van der Waals surface area contributed by atoms with Crippen molar-refractivity contribution in [2.75, 3.05) is 19.6 Å². The number of allylic oxidation sites excluding steroid dienone is 8. The van der Waals surface area contributed by atoms with Crippen molar-refractivity contribution in [2.45, 2.75) is 43.2 Å². The van der Waals surface area contributed by atoms with Crippen LogP contribution in [0.2, 0.25) is 0 Å². The molecule has 0 aromatic heterocycles. The van der Waals surface area contributed by atoms with Crippen LogP contribution in [-0.4, -0.2) is 12.1 Å². The molecule has 77 heavy (non-hydrogen) atoms. The molecular formula is C73H58N4. The zero-order valence-electron chi connectivity index (χ0n) is 43.0. The summed E-state index contributed by atoms with van der Waals surface area (Å²) in [4.78, 5) is 10.1. The van der Waals surface area contributed by atoms with Gasteiger partial charge in [0.25, 0.3) is 0 Å². The van der Waals surface area contributed by atoms with Crippen molar-refractivity contribution in [1.29, 1.82) is 0 Å². The van der Waals surface area contributed by atoms with Crippen molar-refractivity contribution < 1.29 is 0 Å². The van der Waals surface area contributed by atoms with Crippen molar-refractivity contribution in [3.05, 3.63) is 330 Å². The molecule has 0 saturated carbocycles. The van der Waals surface area contributed by atoms with E-state index in [1.807, 2.05) is 0 Å². The molecule has 3 atom stereocenters. The van der Waals surface area contributed by atoms with Crippen molar-refractivity contribution in [1.82, 2.24) is 0 Å². The first-order chi connectivity index (χ1) is 38.2. The lowest BCUT2D eigenvalue weighted by molar-refractivity contribution is 0.611. The summed E-state index contributed by atoms with van der Waals surface area (Å²) in [5.41, 5.74) is 21.9. The summed E-state index contributed by atoms with van der Waals surface area (Å²) in [7, 11) is 0. The fourth-order valence-electron chi connectivity index (χ4n) is 13.2. The fraction of sp³-hybridized carbons (Fsp3) is 0.0959. The van der Waals surface area contributed by atoms with Gasteiger partial charge in [0.15, 0.2) is 0 Å². The monoisotopic (exact) mass is 990 g/mol. The van der Waals surface area contributed by atoms with Crippen molar-refractivity contribution in [3.8, 4) is 0 Å². The molecule has 370 valence electrons. The van der Waals surface area contributed by atoms with Gasteiger partial charge in [-0.1, -0.05) is 176 Å². The molecular weight excluding hydrogens is 933 g/mol. The minimum absolute atomic E-state index is 0.0192. The summed E-state index contributed by atoms with van der Waals surface area (Å²) < 4.78 is 0. The summed E-state index contributed by atoms with van der Waals surface area (Å²) in [5, 5.41) is 0. The number of anilines is 9. The van der Waals surface area contributed by atoms with Crippen LogP contribution in [0.5, 0.6) is 0 Å². The number of benzene rings is 9. The predicted octanol–water partition coefficient (Wildman–Crippen LogP) is 18.7. The average molecular weight is 991 g/mol. The second-order valence-corrected chi connectivity index (χ2v) is 20.6. The topological polar surface area (TPSA) is 13.0 Å².